The average molecular weight is 451 g/mol. The summed E-state index contributed by atoms with van der Waals surface area (Å²) in [5.74, 6) is -0.342. The van der Waals surface area contributed by atoms with E-state index in [1.807, 2.05) is 12.1 Å². The van der Waals surface area contributed by atoms with Crippen LogP contribution < -0.4 is 16.2 Å². The molecule has 2 aromatic rings. The van der Waals surface area contributed by atoms with E-state index in [-0.39, 0.29) is 33.8 Å². The molecule has 0 saturated carbocycles. The lowest BCUT2D eigenvalue weighted by Gasteiger charge is -2.20. The van der Waals surface area contributed by atoms with Crippen LogP contribution >= 0.6 is 35.0 Å². The van der Waals surface area contributed by atoms with Crippen molar-refractivity contribution in [3.8, 4) is 0 Å². The van der Waals surface area contributed by atoms with Gasteiger partial charge in [-0.25, -0.2) is 10.4 Å². The van der Waals surface area contributed by atoms with Gasteiger partial charge in [0.1, 0.15) is 11.2 Å². The van der Waals surface area contributed by atoms with Crippen LogP contribution in [0.3, 0.4) is 0 Å². The van der Waals surface area contributed by atoms with E-state index in [1.165, 1.54) is 0 Å². The smallest absolute Gasteiger partial charge is 0.338 e. The topological polar surface area (TPSA) is 66.0 Å². The van der Waals surface area contributed by atoms with Crippen molar-refractivity contribution in [3.05, 3.63) is 57.7 Å². The van der Waals surface area contributed by atoms with Crippen LogP contribution in [0.25, 0.3) is 0 Å². The van der Waals surface area contributed by atoms with Crippen molar-refractivity contribution in [1.29, 1.82) is 0 Å². The second kappa shape index (κ2) is 8.87. The summed E-state index contributed by atoms with van der Waals surface area (Å²) in [6, 6.07) is 8.14. The summed E-state index contributed by atoms with van der Waals surface area (Å²) in [5, 5.41) is 3.49. The van der Waals surface area contributed by atoms with Crippen molar-refractivity contribution < 1.29 is 18.0 Å². The maximum atomic E-state index is 12.6. The number of halogens is 5. The lowest BCUT2D eigenvalue weighted by atomic mass is 9.97. The fourth-order valence-electron chi connectivity index (χ4n) is 2.69. The van der Waals surface area contributed by atoms with Crippen LogP contribution in [0.1, 0.15) is 17.0 Å². The summed E-state index contributed by atoms with van der Waals surface area (Å²) in [5.41, 5.74) is 6.07. The third-order valence-corrected chi connectivity index (χ3v) is 5.73. The van der Waals surface area contributed by atoms with Gasteiger partial charge >= 0.3 is 6.18 Å². The van der Waals surface area contributed by atoms with Crippen LogP contribution in [0.5, 0.6) is 0 Å². The zero-order valence-corrected chi connectivity index (χ0v) is 16.5. The molecule has 0 spiro atoms. The highest BCUT2D eigenvalue weighted by atomic mass is 35.5. The first kappa shape index (κ1) is 21.2. The number of nitrogens with zero attached hydrogens (tertiary/aromatic N) is 1. The van der Waals surface area contributed by atoms with E-state index in [2.05, 4.69) is 21.2 Å². The predicted octanol–water partition coefficient (Wildman–Crippen LogP) is 3.83. The molecule has 28 heavy (non-hydrogen) atoms. The second-order valence-corrected chi connectivity index (χ2v) is 7.83. The molecule has 3 N–H and O–H groups in total. The van der Waals surface area contributed by atoms with Crippen molar-refractivity contribution >= 4 is 40.9 Å². The molecule has 1 aliphatic rings. The maximum absolute atomic E-state index is 12.6. The molecule has 2 unspecified atom stereocenters. The van der Waals surface area contributed by atoms with Gasteiger partial charge in [-0.05, 0) is 23.8 Å². The molecule has 0 bridgehead atoms. The minimum atomic E-state index is -4.52. The number of benzene rings is 1. The molecule has 1 aromatic heterocycles. The second-order valence-electron chi connectivity index (χ2n) is 6.03. The van der Waals surface area contributed by atoms with Gasteiger partial charge in [0.2, 0.25) is 5.91 Å². The number of hydrogen-bond acceptors (Lipinski definition) is 5. The van der Waals surface area contributed by atoms with Gasteiger partial charge in [0.15, 0.2) is 0 Å². The van der Waals surface area contributed by atoms with E-state index in [4.69, 9.17) is 23.2 Å². The van der Waals surface area contributed by atoms with E-state index >= 15 is 0 Å². The van der Waals surface area contributed by atoms with E-state index in [0.717, 1.165) is 23.4 Å². The van der Waals surface area contributed by atoms with Crippen molar-refractivity contribution in [2.75, 3.05) is 12.3 Å². The quantitative estimate of drug-likeness (QED) is 0.604. The lowest BCUT2D eigenvalue weighted by molar-refractivity contribution is -0.137. The third kappa shape index (κ3) is 5.30. The first-order valence-electron chi connectivity index (χ1n) is 8.13. The first-order chi connectivity index (χ1) is 13.2. The molecule has 1 aromatic carbocycles. The number of nitrogens with one attached hydrogen (secondary N) is 3. The Balaban J connectivity index is 1.57. The number of hydrazine groups is 1. The maximum Gasteiger partial charge on any atom is 0.417 e. The molecular weight excluding hydrogens is 436 g/mol. The molecule has 0 radical (unpaired) electrons. The monoisotopic (exact) mass is 450 g/mol. The SMILES string of the molecule is O=C(CSc1ncc(C(F)(F)F)cc1Cl)NC1NNCC1c1ccc(Cl)cc1. The summed E-state index contributed by atoms with van der Waals surface area (Å²) in [7, 11) is 0. The van der Waals surface area contributed by atoms with Gasteiger partial charge in [0.05, 0.1) is 16.3 Å². The number of aromatic nitrogens is 1. The van der Waals surface area contributed by atoms with E-state index < -0.39 is 11.7 Å². The van der Waals surface area contributed by atoms with Crippen molar-refractivity contribution in [1.82, 2.24) is 21.2 Å². The fraction of sp³-hybridized carbons (Fsp3) is 0.294. The van der Waals surface area contributed by atoms with Gasteiger partial charge in [-0.1, -0.05) is 47.1 Å². The van der Waals surface area contributed by atoms with E-state index in [0.29, 0.717) is 17.8 Å². The molecule has 0 aliphatic carbocycles. The predicted molar refractivity (Wildman–Crippen MR) is 102 cm³/mol. The Labute approximate surface area is 173 Å². The number of thioether (sulfide) groups is 1. The van der Waals surface area contributed by atoms with Crippen LogP contribution in [0.2, 0.25) is 10.0 Å². The molecule has 3 rings (SSSR count). The van der Waals surface area contributed by atoms with Crippen molar-refractivity contribution in [2.24, 2.45) is 0 Å². The van der Waals surface area contributed by atoms with Crippen molar-refractivity contribution in [3.63, 3.8) is 0 Å². The van der Waals surface area contributed by atoms with Gasteiger partial charge in [-0.2, -0.15) is 13.2 Å². The normalized spacial score (nSPS) is 19.6. The minimum Gasteiger partial charge on any atom is -0.338 e. The lowest BCUT2D eigenvalue weighted by Crippen LogP contribution is -2.47. The Kier molecular flexibility index (Phi) is 6.72. The van der Waals surface area contributed by atoms with Crippen LogP contribution in [0.4, 0.5) is 13.2 Å². The van der Waals surface area contributed by atoms with E-state index in [9.17, 15) is 18.0 Å². The molecule has 2 atom stereocenters. The van der Waals surface area contributed by atoms with Crippen LogP contribution in [0.15, 0.2) is 41.6 Å². The molecule has 5 nitrogen and oxygen atoms in total. The van der Waals surface area contributed by atoms with Crippen LogP contribution in [0, 0.1) is 0 Å². The zero-order valence-electron chi connectivity index (χ0n) is 14.2. The number of carbonyl (C=O) groups excluding carboxylic acids is 1. The molecule has 11 heteroatoms. The molecule has 1 fully saturated rings. The average Bonchev–Trinajstić information content (AvgIpc) is 3.08. The highest BCUT2D eigenvalue weighted by Gasteiger charge is 2.32. The summed E-state index contributed by atoms with van der Waals surface area (Å²) < 4.78 is 37.9. The summed E-state index contributed by atoms with van der Waals surface area (Å²) >= 11 is 12.7. The Morgan fingerprint density at radius 3 is 2.64 bits per heavy atom. The number of amides is 1. The Bertz CT molecular complexity index is 851. The highest BCUT2D eigenvalue weighted by molar-refractivity contribution is 8.00. The first-order valence-corrected chi connectivity index (χ1v) is 9.87. The number of pyridine rings is 1. The molecular formula is C17H15Cl2F3N4OS. The molecule has 1 aliphatic heterocycles. The largest absolute Gasteiger partial charge is 0.417 e. The summed E-state index contributed by atoms with van der Waals surface area (Å²) in [6.45, 7) is 0.617. The Morgan fingerprint density at radius 2 is 2.00 bits per heavy atom. The molecule has 150 valence electrons. The summed E-state index contributed by atoms with van der Waals surface area (Å²) in [4.78, 5) is 16.0. The minimum absolute atomic E-state index is 0.000927. The molecule has 1 amide bonds. The van der Waals surface area contributed by atoms with Gasteiger partial charge in [0.25, 0.3) is 0 Å². The van der Waals surface area contributed by atoms with Crippen molar-refractivity contribution in [2.45, 2.75) is 23.3 Å². The van der Waals surface area contributed by atoms with Crippen LogP contribution in [-0.2, 0) is 11.0 Å². The number of carbonyl (C=O) groups is 1. The van der Waals surface area contributed by atoms with E-state index in [1.54, 1.807) is 12.1 Å². The highest BCUT2D eigenvalue weighted by Crippen LogP contribution is 2.33. The summed E-state index contributed by atoms with van der Waals surface area (Å²) in [6.07, 6.45) is -4.16. The Morgan fingerprint density at radius 1 is 1.29 bits per heavy atom. The third-order valence-electron chi connectivity index (χ3n) is 4.07. The molecule has 1 saturated heterocycles. The van der Waals surface area contributed by atoms with Gasteiger partial charge in [-0.3, -0.25) is 10.2 Å². The van der Waals surface area contributed by atoms with Gasteiger partial charge in [-0.15, -0.1) is 0 Å². The van der Waals surface area contributed by atoms with Gasteiger partial charge in [0, 0.05) is 23.7 Å². The standard InChI is InChI=1S/C17H15Cl2F3N4OS/c18-11-3-1-9(2-4-11)12-7-24-26-15(12)25-14(27)8-28-16-13(19)5-10(6-23-16)17(20,21)22/h1-6,12,15,24,26H,7-8H2,(H,25,27). The zero-order chi connectivity index (χ0) is 20.3. The molecule has 2 heterocycles. The van der Waals surface area contributed by atoms with Gasteiger partial charge < -0.3 is 5.32 Å². The Hall–Kier alpha value is -1.52. The van der Waals surface area contributed by atoms with Crippen LogP contribution in [-0.4, -0.2) is 29.4 Å². The number of rotatable bonds is 5. The number of hydrogen-bond donors (Lipinski definition) is 3. The number of alkyl halides is 3. The fourth-order valence-corrected chi connectivity index (χ4v) is 3.82.